The molecular weight excluding hydrogens is 467 g/mol. The molecule has 31 heavy (non-hydrogen) atoms. The largest absolute Gasteiger partial charge is 0.379 e. The number of aryl methyl sites for hydroxylation is 1. The van der Waals surface area contributed by atoms with E-state index in [0.29, 0.717) is 36.5 Å². The summed E-state index contributed by atoms with van der Waals surface area (Å²) < 4.78 is 33.3. The Hall–Kier alpha value is -1.84. The minimum absolute atomic E-state index is 0. The van der Waals surface area contributed by atoms with Crippen LogP contribution in [-0.4, -0.2) is 55.2 Å². The monoisotopic (exact) mass is 487 g/mol. The quantitative estimate of drug-likeness (QED) is 0.511. The van der Waals surface area contributed by atoms with Crippen molar-refractivity contribution in [2.75, 3.05) is 44.3 Å². The average molecular weight is 488 g/mol. The van der Waals surface area contributed by atoms with E-state index in [4.69, 9.17) is 16.3 Å². The van der Waals surface area contributed by atoms with Crippen molar-refractivity contribution >= 4 is 56.6 Å². The van der Waals surface area contributed by atoms with Gasteiger partial charge in [-0.05, 0) is 36.8 Å². The molecule has 1 aromatic heterocycles. The van der Waals surface area contributed by atoms with E-state index in [0.717, 1.165) is 41.0 Å². The van der Waals surface area contributed by atoms with Crippen LogP contribution in [0.5, 0.6) is 0 Å². The van der Waals surface area contributed by atoms with Gasteiger partial charge in [0.05, 0.1) is 28.5 Å². The molecule has 1 fully saturated rings. The maximum atomic E-state index is 13.8. The van der Waals surface area contributed by atoms with Crippen molar-refractivity contribution in [1.82, 2.24) is 9.88 Å². The molecule has 1 saturated heterocycles. The Balaban J connectivity index is 0.00000272. The number of fused-ring (bicyclic) bond motifs is 1. The zero-order valence-corrected chi connectivity index (χ0v) is 19.1. The average Bonchev–Trinajstić information content (AvgIpc) is 3.20. The molecule has 166 valence electrons. The number of rotatable bonds is 5. The number of benzene rings is 2. The second kappa shape index (κ2) is 10.2. The van der Waals surface area contributed by atoms with Crippen LogP contribution in [0, 0.1) is 18.6 Å². The summed E-state index contributed by atoms with van der Waals surface area (Å²) in [6, 6.07) is 6.85. The Morgan fingerprint density at radius 2 is 1.97 bits per heavy atom. The van der Waals surface area contributed by atoms with Gasteiger partial charge in [0.2, 0.25) is 0 Å². The molecule has 0 unspecified atom stereocenters. The third kappa shape index (κ3) is 5.15. The standard InChI is InChI=1S/C21H20ClF2N3O2S.ClH/c1-13-2-4-15(22)19-18(13)25-21(30-19)27(7-6-26-8-10-29-11-9-26)20(28)14-3-5-16(23)17(24)12-14;/h2-5,12H,6-11H2,1H3;1H. The number of carbonyl (C=O) groups is 1. The van der Waals surface area contributed by atoms with Crippen LogP contribution < -0.4 is 4.90 Å². The number of anilines is 1. The highest BCUT2D eigenvalue weighted by Crippen LogP contribution is 2.36. The van der Waals surface area contributed by atoms with E-state index >= 15 is 0 Å². The molecule has 0 radical (unpaired) electrons. The molecule has 2 aromatic carbocycles. The Labute approximate surface area is 194 Å². The van der Waals surface area contributed by atoms with Crippen molar-refractivity contribution < 1.29 is 18.3 Å². The van der Waals surface area contributed by atoms with Gasteiger partial charge in [-0.2, -0.15) is 0 Å². The molecule has 0 aliphatic carbocycles. The van der Waals surface area contributed by atoms with Gasteiger partial charge in [-0.15, -0.1) is 12.4 Å². The molecule has 0 atom stereocenters. The van der Waals surface area contributed by atoms with Crippen LogP contribution in [0.3, 0.4) is 0 Å². The van der Waals surface area contributed by atoms with Gasteiger partial charge in [0.15, 0.2) is 16.8 Å². The van der Waals surface area contributed by atoms with E-state index in [1.165, 1.54) is 22.3 Å². The zero-order valence-electron chi connectivity index (χ0n) is 16.7. The van der Waals surface area contributed by atoms with Gasteiger partial charge in [0.25, 0.3) is 5.91 Å². The fourth-order valence-electron chi connectivity index (χ4n) is 3.34. The molecule has 5 nitrogen and oxygen atoms in total. The van der Waals surface area contributed by atoms with E-state index in [1.807, 2.05) is 13.0 Å². The lowest BCUT2D eigenvalue weighted by Crippen LogP contribution is -2.43. The van der Waals surface area contributed by atoms with Crippen LogP contribution in [0.25, 0.3) is 10.2 Å². The van der Waals surface area contributed by atoms with E-state index in [2.05, 4.69) is 9.88 Å². The summed E-state index contributed by atoms with van der Waals surface area (Å²) in [5.74, 6) is -2.49. The number of hydrogen-bond acceptors (Lipinski definition) is 5. The lowest BCUT2D eigenvalue weighted by atomic mass is 10.2. The molecule has 2 heterocycles. The predicted molar refractivity (Wildman–Crippen MR) is 122 cm³/mol. The van der Waals surface area contributed by atoms with E-state index in [9.17, 15) is 13.6 Å². The number of halogens is 4. The van der Waals surface area contributed by atoms with Crippen LogP contribution in [0.1, 0.15) is 15.9 Å². The molecule has 3 aromatic rings. The number of thiazole rings is 1. The van der Waals surface area contributed by atoms with Crippen LogP contribution in [0.2, 0.25) is 5.02 Å². The molecule has 0 saturated carbocycles. The number of amides is 1. The van der Waals surface area contributed by atoms with Crippen molar-refractivity contribution in [3.63, 3.8) is 0 Å². The molecule has 10 heteroatoms. The molecule has 1 amide bonds. The summed E-state index contributed by atoms with van der Waals surface area (Å²) in [7, 11) is 0. The van der Waals surface area contributed by atoms with Gasteiger partial charge in [0.1, 0.15) is 0 Å². The minimum Gasteiger partial charge on any atom is -0.379 e. The third-order valence-corrected chi connectivity index (χ3v) is 6.61. The maximum absolute atomic E-state index is 13.8. The summed E-state index contributed by atoms with van der Waals surface area (Å²) in [4.78, 5) is 21.6. The third-order valence-electron chi connectivity index (χ3n) is 5.07. The van der Waals surface area contributed by atoms with Crippen LogP contribution >= 0.6 is 35.3 Å². The molecule has 0 spiro atoms. The highest BCUT2D eigenvalue weighted by molar-refractivity contribution is 7.23. The van der Waals surface area contributed by atoms with Gasteiger partial charge < -0.3 is 4.74 Å². The van der Waals surface area contributed by atoms with Gasteiger partial charge in [0, 0.05) is 31.7 Å². The first-order valence-corrected chi connectivity index (χ1v) is 10.8. The number of morpholine rings is 1. The topological polar surface area (TPSA) is 45.7 Å². The van der Waals surface area contributed by atoms with Gasteiger partial charge in [-0.1, -0.05) is 29.0 Å². The number of nitrogens with zero attached hydrogens (tertiary/aromatic N) is 3. The van der Waals surface area contributed by atoms with Gasteiger partial charge in [-0.25, -0.2) is 13.8 Å². The van der Waals surface area contributed by atoms with Gasteiger partial charge >= 0.3 is 0 Å². The SMILES string of the molecule is Cc1ccc(Cl)c2sc(N(CCN3CCOCC3)C(=O)c3ccc(F)c(F)c3)nc12.Cl. The van der Waals surface area contributed by atoms with Crippen LogP contribution in [-0.2, 0) is 4.74 Å². The Kier molecular flexibility index (Phi) is 7.82. The molecular formula is C21H21Cl2F2N3O2S. The molecule has 1 aliphatic heterocycles. The van der Waals surface area contributed by atoms with E-state index < -0.39 is 17.5 Å². The van der Waals surface area contributed by atoms with Gasteiger partial charge in [-0.3, -0.25) is 14.6 Å². The van der Waals surface area contributed by atoms with Crippen molar-refractivity contribution in [3.05, 3.63) is 58.1 Å². The zero-order chi connectivity index (χ0) is 21.3. The Morgan fingerprint density at radius 3 is 2.65 bits per heavy atom. The first-order chi connectivity index (χ1) is 14.4. The fourth-order valence-corrected chi connectivity index (χ4v) is 4.68. The van der Waals surface area contributed by atoms with Crippen molar-refractivity contribution in [1.29, 1.82) is 0 Å². The summed E-state index contributed by atoms with van der Waals surface area (Å²) in [6.45, 7) is 5.74. The molecule has 4 rings (SSSR count). The van der Waals surface area contributed by atoms with Crippen molar-refractivity contribution in [2.24, 2.45) is 0 Å². The van der Waals surface area contributed by atoms with E-state index in [1.54, 1.807) is 6.07 Å². The number of carbonyl (C=O) groups excluding carboxylic acids is 1. The molecule has 0 bridgehead atoms. The predicted octanol–water partition coefficient (Wildman–Crippen LogP) is 4.94. The van der Waals surface area contributed by atoms with Crippen molar-refractivity contribution in [2.45, 2.75) is 6.92 Å². The molecule has 1 aliphatic rings. The summed E-state index contributed by atoms with van der Waals surface area (Å²) >= 11 is 7.65. The Bertz CT molecular complexity index is 1050. The Morgan fingerprint density at radius 1 is 1.23 bits per heavy atom. The normalized spacial score (nSPS) is 14.5. The minimum atomic E-state index is -1.06. The smallest absolute Gasteiger partial charge is 0.260 e. The lowest BCUT2D eigenvalue weighted by molar-refractivity contribution is 0.0391. The lowest BCUT2D eigenvalue weighted by Gasteiger charge is -2.29. The van der Waals surface area contributed by atoms with E-state index in [-0.39, 0.29) is 18.0 Å². The van der Waals surface area contributed by atoms with Crippen LogP contribution in [0.4, 0.5) is 13.9 Å². The first kappa shape index (κ1) is 23.8. The summed E-state index contributed by atoms with van der Waals surface area (Å²) in [5, 5.41) is 1.04. The summed E-state index contributed by atoms with van der Waals surface area (Å²) in [6.07, 6.45) is 0. The number of hydrogen-bond donors (Lipinski definition) is 0. The summed E-state index contributed by atoms with van der Waals surface area (Å²) in [5.41, 5.74) is 1.75. The van der Waals surface area contributed by atoms with Crippen molar-refractivity contribution in [3.8, 4) is 0 Å². The number of aromatic nitrogens is 1. The second-order valence-corrected chi connectivity index (χ2v) is 8.46. The maximum Gasteiger partial charge on any atom is 0.260 e. The van der Waals surface area contributed by atoms with Crippen LogP contribution in [0.15, 0.2) is 30.3 Å². The highest BCUT2D eigenvalue weighted by Gasteiger charge is 2.24. The fraction of sp³-hybridized carbons (Fsp3) is 0.333. The highest BCUT2D eigenvalue weighted by atomic mass is 35.5. The second-order valence-electron chi connectivity index (χ2n) is 7.08. The number of ether oxygens (including phenoxy) is 1. The first-order valence-electron chi connectivity index (χ1n) is 9.56. The molecule has 0 N–H and O–H groups in total.